The van der Waals surface area contributed by atoms with E-state index in [1.807, 2.05) is 47.0 Å². The summed E-state index contributed by atoms with van der Waals surface area (Å²) < 4.78 is 19.8. The van der Waals surface area contributed by atoms with Crippen molar-refractivity contribution in [3.8, 4) is 22.9 Å². The third-order valence-corrected chi connectivity index (χ3v) is 5.90. The summed E-state index contributed by atoms with van der Waals surface area (Å²) in [6.45, 7) is 1.38. The molecule has 1 saturated carbocycles. The summed E-state index contributed by atoms with van der Waals surface area (Å²) in [4.78, 5) is 16.0. The highest BCUT2D eigenvalue weighted by Gasteiger charge is 2.27. The van der Waals surface area contributed by atoms with Gasteiger partial charge in [-0.05, 0) is 36.1 Å². The van der Waals surface area contributed by atoms with E-state index in [4.69, 9.17) is 14.2 Å². The van der Waals surface area contributed by atoms with E-state index < -0.39 is 0 Å². The molecule has 2 heterocycles. The lowest BCUT2D eigenvalue weighted by molar-refractivity contribution is 0.0418. The molecule has 0 N–H and O–H groups in total. The molecule has 6 heteroatoms. The first-order chi connectivity index (χ1) is 15.2. The summed E-state index contributed by atoms with van der Waals surface area (Å²) in [6, 6.07) is 20.2. The monoisotopic (exact) mass is 418 g/mol. The van der Waals surface area contributed by atoms with Crippen molar-refractivity contribution in [2.24, 2.45) is 0 Å². The average Bonchev–Trinajstić information content (AvgIpc) is 3.47. The Morgan fingerprint density at radius 3 is 2.52 bits per heavy atom. The highest BCUT2D eigenvalue weighted by atomic mass is 16.6. The van der Waals surface area contributed by atoms with E-state index in [9.17, 15) is 4.79 Å². The second kappa shape index (κ2) is 8.94. The van der Waals surface area contributed by atoms with Gasteiger partial charge < -0.3 is 14.2 Å². The van der Waals surface area contributed by atoms with Gasteiger partial charge in [-0.1, -0.05) is 55.3 Å². The van der Waals surface area contributed by atoms with Crippen LogP contribution in [0.1, 0.15) is 31.4 Å². The molecule has 2 aromatic carbocycles. The molecular formula is C25H26N2O4. The van der Waals surface area contributed by atoms with Crippen LogP contribution in [-0.2, 0) is 17.9 Å². The number of hydrogen-bond acceptors (Lipinski definition) is 5. The van der Waals surface area contributed by atoms with E-state index in [-0.39, 0.29) is 11.7 Å². The topological polar surface area (TPSA) is 62.6 Å². The fourth-order valence-corrected chi connectivity index (χ4v) is 4.23. The van der Waals surface area contributed by atoms with Crippen LogP contribution in [-0.4, -0.2) is 28.4 Å². The molecule has 160 valence electrons. The summed E-state index contributed by atoms with van der Waals surface area (Å²) in [5.41, 5.74) is 2.84. The fourth-order valence-electron chi connectivity index (χ4n) is 4.23. The lowest BCUT2D eigenvalue weighted by Crippen LogP contribution is -2.23. The van der Waals surface area contributed by atoms with E-state index >= 15 is 0 Å². The zero-order valence-electron chi connectivity index (χ0n) is 17.4. The van der Waals surface area contributed by atoms with Gasteiger partial charge in [0.25, 0.3) is 5.56 Å². The molecular weight excluding hydrogens is 392 g/mol. The van der Waals surface area contributed by atoms with E-state index in [1.54, 1.807) is 6.07 Å². The third kappa shape index (κ3) is 4.64. The van der Waals surface area contributed by atoms with E-state index in [1.165, 1.54) is 18.4 Å². The van der Waals surface area contributed by atoms with E-state index in [0.29, 0.717) is 31.9 Å². The van der Waals surface area contributed by atoms with Crippen molar-refractivity contribution in [3.05, 3.63) is 76.7 Å². The van der Waals surface area contributed by atoms with Crippen LogP contribution in [0.25, 0.3) is 11.1 Å². The molecule has 31 heavy (non-hydrogen) atoms. The van der Waals surface area contributed by atoms with Crippen LogP contribution in [0.15, 0.2) is 65.5 Å². The Morgan fingerprint density at radius 2 is 1.74 bits per heavy atom. The summed E-state index contributed by atoms with van der Waals surface area (Å²) in [5, 5.41) is 0. The standard InChI is InChI=1S/C25H26N2O4/c28-24-14-20(16-29-21-8-4-5-9-21)27-15-23(31-25(27)26-24)17-30-22-12-10-19(11-13-22)18-6-2-1-3-7-18/h1-3,6-7,10-14,21,23H,4-5,8-9,15-17H2/t23-/m0/s1. The van der Waals surface area contributed by atoms with Gasteiger partial charge in [0, 0.05) is 6.07 Å². The largest absolute Gasteiger partial charge is 0.490 e. The molecule has 3 aromatic rings. The molecule has 1 fully saturated rings. The second-order valence-corrected chi connectivity index (χ2v) is 8.14. The Kier molecular flexibility index (Phi) is 5.71. The molecule has 0 amide bonds. The molecule has 5 rings (SSSR count). The van der Waals surface area contributed by atoms with Crippen LogP contribution in [0.3, 0.4) is 0 Å². The molecule has 1 aromatic heterocycles. The van der Waals surface area contributed by atoms with Crippen molar-refractivity contribution in [3.63, 3.8) is 0 Å². The van der Waals surface area contributed by atoms with Crippen molar-refractivity contribution in [2.45, 2.75) is 51.0 Å². The minimum absolute atomic E-state index is 0.201. The molecule has 6 nitrogen and oxygen atoms in total. The van der Waals surface area contributed by atoms with Crippen molar-refractivity contribution in [1.82, 2.24) is 9.55 Å². The Labute approximate surface area is 181 Å². The number of nitrogens with zero attached hydrogens (tertiary/aromatic N) is 2. The summed E-state index contributed by atoms with van der Waals surface area (Å²) in [6.07, 6.45) is 4.71. The van der Waals surface area contributed by atoms with Crippen molar-refractivity contribution in [1.29, 1.82) is 0 Å². The zero-order chi connectivity index (χ0) is 21.0. The van der Waals surface area contributed by atoms with Gasteiger partial charge in [-0.25, -0.2) is 0 Å². The van der Waals surface area contributed by atoms with Crippen molar-refractivity contribution >= 4 is 0 Å². The number of rotatable bonds is 7. The number of aromatic nitrogens is 2. The molecule has 1 aliphatic carbocycles. The van der Waals surface area contributed by atoms with Crippen molar-refractivity contribution < 1.29 is 14.2 Å². The van der Waals surface area contributed by atoms with Crippen LogP contribution in [0.4, 0.5) is 0 Å². The van der Waals surface area contributed by atoms with Gasteiger partial charge in [0.15, 0.2) is 6.10 Å². The minimum atomic E-state index is -0.297. The highest BCUT2D eigenvalue weighted by molar-refractivity contribution is 5.63. The maximum atomic E-state index is 12.0. The third-order valence-electron chi connectivity index (χ3n) is 5.90. The van der Waals surface area contributed by atoms with Gasteiger partial charge in [-0.15, -0.1) is 0 Å². The molecule has 1 atom stereocenters. The highest BCUT2D eigenvalue weighted by Crippen LogP contribution is 2.26. The summed E-state index contributed by atoms with van der Waals surface area (Å²) >= 11 is 0. The second-order valence-electron chi connectivity index (χ2n) is 8.14. The molecule has 0 saturated heterocycles. The summed E-state index contributed by atoms with van der Waals surface area (Å²) in [5.74, 6) is 0.784. The first kappa shape index (κ1) is 19.8. The van der Waals surface area contributed by atoms with E-state index in [2.05, 4.69) is 17.1 Å². The number of fused-ring (bicyclic) bond motifs is 1. The quantitative estimate of drug-likeness (QED) is 0.575. The SMILES string of the molecule is O=c1cc(COC2CCCC2)n2c(n1)O[C@H](COc1ccc(-c3ccccc3)cc1)C2. The fraction of sp³-hybridized carbons (Fsp3) is 0.360. The smallest absolute Gasteiger partial charge is 0.300 e. The number of benzene rings is 2. The Balaban J connectivity index is 1.20. The predicted molar refractivity (Wildman–Crippen MR) is 117 cm³/mol. The normalized spacial score (nSPS) is 18.0. The number of ether oxygens (including phenoxy) is 3. The van der Waals surface area contributed by atoms with Crippen LogP contribution >= 0.6 is 0 Å². The molecule has 0 radical (unpaired) electrons. The van der Waals surface area contributed by atoms with Gasteiger partial charge >= 0.3 is 6.01 Å². The Hall–Kier alpha value is -3.12. The van der Waals surface area contributed by atoms with Gasteiger partial charge in [0.2, 0.25) is 0 Å². The summed E-state index contributed by atoms with van der Waals surface area (Å²) in [7, 11) is 0. The van der Waals surface area contributed by atoms with Crippen LogP contribution < -0.4 is 15.0 Å². The van der Waals surface area contributed by atoms with Crippen molar-refractivity contribution in [2.75, 3.05) is 6.61 Å². The molecule has 0 spiro atoms. The minimum Gasteiger partial charge on any atom is -0.490 e. The number of hydrogen-bond donors (Lipinski definition) is 0. The predicted octanol–water partition coefficient (Wildman–Crippen LogP) is 4.21. The van der Waals surface area contributed by atoms with Crippen LogP contribution in [0, 0.1) is 0 Å². The van der Waals surface area contributed by atoms with Gasteiger partial charge in [-0.2, -0.15) is 4.98 Å². The van der Waals surface area contributed by atoms with Crippen LogP contribution in [0.5, 0.6) is 11.8 Å². The molecule has 1 aliphatic heterocycles. The van der Waals surface area contributed by atoms with Gasteiger partial charge in [0.05, 0.1) is 24.9 Å². The maximum Gasteiger partial charge on any atom is 0.300 e. The van der Waals surface area contributed by atoms with Gasteiger partial charge in [0.1, 0.15) is 12.4 Å². The zero-order valence-corrected chi connectivity index (χ0v) is 17.4. The lowest BCUT2D eigenvalue weighted by Gasteiger charge is -2.14. The lowest BCUT2D eigenvalue weighted by atomic mass is 10.1. The molecule has 2 aliphatic rings. The average molecular weight is 418 g/mol. The van der Waals surface area contributed by atoms with Gasteiger partial charge in [-0.3, -0.25) is 9.36 Å². The van der Waals surface area contributed by atoms with Crippen LogP contribution in [0.2, 0.25) is 0 Å². The molecule has 0 unspecified atom stereocenters. The Bertz CT molecular complexity index is 1070. The first-order valence-corrected chi connectivity index (χ1v) is 10.9. The van der Waals surface area contributed by atoms with E-state index in [0.717, 1.165) is 29.8 Å². The molecule has 0 bridgehead atoms. The Morgan fingerprint density at radius 1 is 1.00 bits per heavy atom. The maximum absolute atomic E-state index is 12.0. The first-order valence-electron chi connectivity index (χ1n) is 10.9.